The zero-order chi connectivity index (χ0) is 20.6. The lowest BCUT2D eigenvalue weighted by Crippen LogP contribution is -2.42. The van der Waals surface area contributed by atoms with E-state index in [0.29, 0.717) is 11.3 Å². The highest BCUT2D eigenvalue weighted by atomic mass is 32.2. The molecule has 0 aliphatic heterocycles. The van der Waals surface area contributed by atoms with Gasteiger partial charge in [-0.1, -0.05) is 11.3 Å². The van der Waals surface area contributed by atoms with E-state index >= 15 is 0 Å². The van der Waals surface area contributed by atoms with Crippen LogP contribution in [0.1, 0.15) is 6.42 Å². The van der Waals surface area contributed by atoms with Crippen molar-refractivity contribution < 1.29 is 37.8 Å². The van der Waals surface area contributed by atoms with E-state index < -0.39 is 57.8 Å². The number of anilines is 1. The zero-order valence-corrected chi connectivity index (χ0v) is 15.2. The van der Waals surface area contributed by atoms with Gasteiger partial charge in [0, 0.05) is 13.0 Å². The number of amides is 2. The number of aromatic nitrogens is 2. The molecule has 16 heteroatoms. The Morgan fingerprint density at radius 2 is 1.63 bits per heavy atom. The third-order valence-electron chi connectivity index (χ3n) is 2.66. The quantitative estimate of drug-likeness (QED) is 0.227. The molecule has 27 heavy (non-hydrogen) atoms. The van der Waals surface area contributed by atoms with Crippen LogP contribution in [-0.4, -0.2) is 83.7 Å². The second kappa shape index (κ2) is 9.86. The summed E-state index contributed by atoms with van der Waals surface area (Å²) in [7, 11) is -4.03. The van der Waals surface area contributed by atoms with Crippen molar-refractivity contribution in [2.24, 2.45) is 5.14 Å². The molecule has 0 atom stereocenters. The fourth-order valence-corrected chi connectivity index (χ4v) is 3.03. The van der Waals surface area contributed by atoms with Crippen LogP contribution >= 0.6 is 11.3 Å². The van der Waals surface area contributed by atoms with E-state index in [2.05, 4.69) is 20.8 Å². The molecule has 0 saturated carbocycles. The fourth-order valence-electron chi connectivity index (χ4n) is 1.68. The first-order valence-electron chi connectivity index (χ1n) is 7.06. The third-order valence-corrected chi connectivity index (χ3v) is 4.80. The number of sulfonamides is 1. The number of hydrogen-bond acceptors (Lipinski definition) is 10. The molecule has 0 unspecified atom stereocenters. The van der Waals surface area contributed by atoms with Gasteiger partial charge in [0.25, 0.3) is 10.0 Å². The van der Waals surface area contributed by atoms with Gasteiger partial charge in [-0.15, -0.1) is 10.2 Å². The average Bonchev–Trinajstić information content (AvgIpc) is 2.94. The van der Waals surface area contributed by atoms with E-state index in [4.69, 9.17) is 15.4 Å². The number of hydrogen-bond donors (Lipinski definition) is 5. The molecule has 1 aromatic rings. The summed E-state index contributed by atoms with van der Waals surface area (Å²) < 4.78 is 21.6. The Labute approximate surface area is 156 Å². The first-order chi connectivity index (χ1) is 12.5. The summed E-state index contributed by atoms with van der Waals surface area (Å²) in [4.78, 5) is 45.6. The number of rotatable bonds is 11. The van der Waals surface area contributed by atoms with Crippen molar-refractivity contribution >= 4 is 50.2 Å². The number of carbonyl (C=O) groups is 4. The number of carboxylic acids is 2. The summed E-state index contributed by atoms with van der Waals surface area (Å²) in [5, 5.41) is 33.4. The van der Waals surface area contributed by atoms with Crippen LogP contribution in [0.25, 0.3) is 0 Å². The first kappa shape index (κ1) is 22.4. The highest BCUT2D eigenvalue weighted by Gasteiger charge is 2.18. The second-order valence-electron chi connectivity index (χ2n) is 5.00. The van der Waals surface area contributed by atoms with Gasteiger partial charge in [0.2, 0.25) is 21.3 Å². The fraction of sp³-hybridized carbons (Fsp3) is 0.455. The van der Waals surface area contributed by atoms with E-state index in [1.807, 2.05) is 0 Å². The molecule has 0 spiro atoms. The first-order valence-corrected chi connectivity index (χ1v) is 9.42. The molecule has 150 valence electrons. The van der Waals surface area contributed by atoms with Crippen LogP contribution < -0.4 is 15.8 Å². The van der Waals surface area contributed by atoms with Gasteiger partial charge in [-0.05, 0) is 0 Å². The Bertz CT molecular complexity index is 807. The molecule has 1 aromatic heterocycles. The normalized spacial score (nSPS) is 11.2. The predicted octanol–water partition coefficient (Wildman–Crippen LogP) is -2.90. The van der Waals surface area contributed by atoms with Crippen molar-refractivity contribution in [2.45, 2.75) is 10.8 Å². The summed E-state index contributed by atoms with van der Waals surface area (Å²) in [6.07, 6.45) is -0.201. The minimum absolute atomic E-state index is 0.0931. The van der Waals surface area contributed by atoms with Gasteiger partial charge in [0.1, 0.15) is 0 Å². The van der Waals surface area contributed by atoms with E-state index in [0.717, 1.165) is 4.90 Å². The number of carboxylic acid groups (broad SMARTS) is 2. The Hall–Kier alpha value is -2.69. The van der Waals surface area contributed by atoms with E-state index in [-0.39, 0.29) is 18.1 Å². The van der Waals surface area contributed by atoms with Crippen molar-refractivity contribution in [3.63, 3.8) is 0 Å². The van der Waals surface area contributed by atoms with Gasteiger partial charge in [0.05, 0.1) is 19.6 Å². The largest absolute Gasteiger partial charge is 0.480 e. The molecular weight excluding hydrogens is 408 g/mol. The summed E-state index contributed by atoms with van der Waals surface area (Å²) >= 11 is 0.555. The highest BCUT2D eigenvalue weighted by molar-refractivity contribution is 7.91. The minimum atomic E-state index is -4.03. The summed E-state index contributed by atoms with van der Waals surface area (Å²) in [6, 6.07) is 0. The zero-order valence-electron chi connectivity index (χ0n) is 13.6. The van der Waals surface area contributed by atoms with E-state index in [9.17, 15) is 27.6 Å². The van der Waals surface area contributed by atoms with Gasteiger partial charge in [-0.3, -0.25) is 24.1 Å². The van der Waals surface area contributed by atoms with Crippen molar-refractivity contribution in [3.8, 4) is 0 Å². The molecule has 0 aliphatic carbocycles. The van der Waals surface area contributed by atoms with Crippen molar-refractivity contribution in [2.75, 3.05) is 31.5 Å². The molecular formula is C11H16N6O8S2. The lowest BCUT2D eigenvalue weighted by molar-refractivity contribution is -0.142. The van der Waals surface area contributed by atoms with E-state index in [1.165, 1.54) is 0 Å². The number of carbonyl (C=O) groups excluding carboxylic acids is 2. The topological polar surface area (TPSA) is 222 Å². The maximum Gasteiger partial charge on any atom is 0.317 e. The van der Waals surface area contributed by atoms with Crippen LogP contribution in [0.4, 0.5) is 5.13 Å². The van der Waals surface area contributed by atoms with Gasteiger partial charge < -0.3 is 20.8 Å². The monoisotopic (exact) mass is 424 g/mol. The van der Waals surface area contributed by atoms with Crippen molar-refractivity contribution in [3.05, 3.63) is 0 Å². The SMILES string of the molecule is NS(=O)(=O)c1nnc(NC(=O)CCNC(=O)CN(CC(=O)O)CC(=O)O)s1. The number of aliphatic carboxylic acids is 2. The lowest BCUT2D eigenvalue weighted by atomic mass is 10.3. The molecule has 0 radical (unpaired) electrons. The van der Waals surface area contributed by atoms with Crippen molar-refractivity contribution in [1.29, 1.82) is 0 Å². The number of nitrogens with one attached hydrogen (secondary N) is 2. The molecule has 1 rings (SSSR count). The Morgan fingerprint density at radius 1 is 1.04 bits per heavy atom. The molecule has 6 N–H and O–H groups in total. The van der Waals surface area contributed by atoms with Crippen LogP contribution in [0.15, 0.2) is 4.34 Å². The highest BCUT2D eigenvalue weighted by Crippen LogP contribution is 2.18. The number of nitrogens with two attached hydrogens (primary N) is 1. The number of nitrogens with zero attached hydrogens (tertiary/aromatic N) is 3. The van der Waals surface area contributed by atoms with Crippen molar-refractivity contribution in [1.82, 2.24) is 20.4 Å². The molecule has 0 aromatic carbocycles. The van der Waals surface area contributed by atoms with Crippen LogP contribution in [0.3, 0.4) is 0 Å². The second-order valence-corrected chi connectivity index (χ2v) is 7.71. The molecule has 0 bridgehead atoms. The smallest absolute Gasteiger partial charge is 0.317 e. The minimum Gasteiger partial charge on any atom is -0.480 e. The molecule has 0 aliphatic rings. The summed E-state index contributed by atoms with van der Waals surface area (Å²) in [5.41, 5.74) is 0. The third kappa shape index (κ3) is 8.99. The molecule has 14 nitrogen and oxygen atoms in total. The Morgan fingerprint density at radius 3 is 2.11 bits per heavy atom. The number of primary sulfonamides is 1. The summed E-state index contributed by atoms with van der Waals surface area (Å²) in [5.74, 6) is -3.85. The predicted molar refractivity (Wildman–Crippen MR) is 89.3 cm³/mol. The maximum atomic E-state index is 11.7. The maximum absolute atomic E-state index is 11.7. The van der Waals surface area contributed by atoms with Crippen LogP contribution in [-0.2, 0) is 29.2 Å². The van der Waals surface area contributed by atoms with E-state index in [1.54, 1.807) is 0 Å². The van der Waals surface area contributed by atoms with Gasteiger partial charge in [-0.25, -0.2) is 13.6 Å². The van der Waals surface area contributed by atoms with Crippen LogP contribution in [0.2, 0.25) is 0 Å². The average molecular weight is 424 g/mol. The van der Waals surface area contributed by atoms with Crippen LogP contribution in [0, 0.1) is 0 Å². The van der Waals surface area contributed by atoms with Gasteiger partial charge in [0.15, 0.2) is 0 Å². The Kier molecular flexibility index (Phi) is 8.16. The summed E-state index contributed by atoms with van der Waals surface area (Å²) in [6.45, 7) is -1.87. The standard InChI is InChI=1S/C11H16N6O8S2/c12-27(24,25)11-16-15-10(26-11)14-6(18)1-2-13-7(19)3-17(4-8(20)21)5-9(22)23/h1-5H2,(H,13,19)(H,20,21)(H,22,23)(H2,12,24,25)(H,14,15,18). The molecule has 1 heterocycles. The van der Waals surface area contributed by atoms with Gasteiger partial charge in [-0.2, -0.15) is 0 Å². The molecule has 2 amide bonds. The van der Waals surface area contributed by atoms with Gasteiger partial charge >= 0.3 is 11.9 Å². The molecule has 0 saturated heterocycles. The molecule has 0 fully saturated rings. The Balaban J connectivity index is 2.41. The lowest BCUT2D eigenvalue weighted by Gasteiger charge is -2.17. The van der Waals surface area contributed by atoms with Crippen LogP contribution in [0.5, 0.6) is 0 Å².